The van der Waals surface area contributed by atoms with Gasteiger partial charge in [-0.2, -0.15) is 0 Å². The number of hydrogen-bond donors (Lipinski definition) is 2. The number of alkyl carbamates (subject to hydrolysis) is 1. The summed E-state index contributed by atoms with van der Waals surface area (Å²) in [5, 5.41) is 5.82. The van der Waals surface area contributed by atoms with Crippen molar-refractivity contribution in [2.45, 2.75) is 39.7 Å². The van der Waals surface area contributed by atoms with Gasteiger partial charge in [0.2, 0.25) is 0 Å². The van der Waals surface area contributed by atoms with Gasteiger partial charge in [-0.1, -0.05) is 30.4 Å². The summed E-state index contributed by atoms with van der Waals surface area (Å²) < 4.78 is 5.18. The van der Waals surface area contributed by atoms with Crippen LogP contribution in [0.15, 0.2) is 36.0 Å². The molecule has 4 heteroatoms. The van der Waals surface area contributed by atoms with Crippen LogP contribution in [0.3, 0.4) is 0 Å². The molecule has 0 atom stereocenters. The molecule has 4 nitrogen and oxygen atoms in total. The summed E-state index contributed by atoms with van der Waals surface area (Å²) in [6, 6.07) is 0. The summed E-state index contributed by atoms with van der Waals surface area (Å²) in [5.41, 5.74) is 0.570. The summed E-state index contributed by atoms with van der Waals surface area (Å²) in [5.74, 6) is 0. The molecule has 2 N–H and O–H groups in total. The van der Waals surface area contributed by atoms with Gasteiger partial charge in [-0.3, -0.25) is 0 Å². The molecule has 0 aliphatic rings. The minimum absolute atomic E-state index is 0.394. The van der Waals surface area contributed by atoms with Crippen molar-refractivity contribution < 1.29 is 9.53 Å². The maximum Gasteiger partial charge on any atom is 0.407 e. The minimum atomic E-state index is -0.466. The van der Waals surface area contributed by atoms with E-state index in [9.17, 15) is 4.79 Å². The number of amides is 1. The number of rotatable bonds is 7. The summed E-state index contributed by atoms with van der Waals surface area (Å²) in [4.78, 5) is 11.5. The van der Waals surface area contributed by atoms with E-state index in [1.165, 1.54) is 0 Å². The quantitative estimate of drug-likeness (QED) is 0.556. The van der Waals surface area contributed by atoms with Gasteiger partial charge in [-0.15, -0.1) is 0 Å². The van der Waals surface area contributed by atoms with Crippen LogP contribution in [-0.4, -0.2) is 31.8 Å². The standard InChI is InChI=1S/C16H28N2O2/c1-6-14(11-9-7-8-10-12-17-5)13-18-15(19)20-16(2,3)4/h6-9,11,17H,10,12-13H2,1-5H3,(H,18,19)/b8-7+,11-9-,14-6+. The summed E-state index contributed by atoms with van der Waals surface area (Å²) in [6.07, 6.45) is 10.6. The predicted octanol–water partition coefficient (Wildman–Crippen LogP) is 3.18. The van der Waals surface area contributed by atoms with Crippen molar-refractivity contribution in [3.63, 3.8) is 0 Å². The maximum absolute atomic E-state index is 11.5. The van der Waals surface area contributed by atoms with Crippen molar-refractivity contribution in [2.75, 3.05) is 20.1 Å². The molecule has 0 bridgehead atoms. The highest BCUT2D eigenvalue weighted by molar-refractivity contribution is 5.68. The zero-order valence-electron chi connectivity index (χ0n) is 13.3. The zero-order chi connectivity index (χ0) is 15.4. The lowest BCUT2D eigenvalue weighted by Gasteiger charge is -2.19. The second kappa shape index (κ2) is 10.3. The fourth-order valence-electron chi connectivity index (χ4n) is 1.33. The van der Waals surface area contributed by atoms with Gasteiger partial charge in [0.05, 0.1) is 0 Å². The molecule has 0 spiro atoms. The molecule has 114 valence electrons. The Morgan fingerprint density at radius 2 is 1.95 bits per heavy atom. The van der Waals surface area contributed by atoms with Crippen molar-refractivity contribution in [1.82, 2.24) is 10.6 Å². The van der Waals surface area contributed by atoms with Crippen LogP contribution < -0.4 is 10.6 Å². The smallest absolute Gasteiger partial charge is 0.407 e. The van der Waals surface area contributed by atoms with Crippen molar-refractivity contribution in [3.8, 4) is 0 Å². The van der Waals surface area contributed by atoms with Crippen molar-refractivity contribution >= 4 is 6.09 Å². The van der Waals surface area contributed by atoms with Crippen LogP contribution in [0.2, 0.25) is 0 Å². The molecule has 0 unspecified atom stereocenters. The van der Waals surface area contributed by atoms with Gasteiger partial charge in [0, 0.05) is 6.54 Å². The Hall–Kier alpha value is -1.55. The van der Waals surface area contributed by atoms with Gasteiger partial charge in [0.25, 0.3) is 0 Å². The van der Waals surface area contributed by atoms with Gasteiger partial charge < -0.3 is 15.4 Å². The van der Waals surface area contributed by atoms with Crippen molar-refractivity contribution in [1.29, 1.82) is 0 Å². The molecule has 20 heavy (non-hydrogen) atoms. The van der Waals surface area contributed by atoms with E-state index in [4.69, 9.17) is 4.74 Å². The highest BCUT2D eigenvalue weighted by atomic mass is 16.6. The molecule has 0 heterocycles. The first kappa shape index (κ1) is 18.4. The first-order valence-corrected chi connectivity index (χ1v) is 6.99. The van der Waals surface area contributed by atoms with E-state index in [1.54, 1.807) is 0 Å². The monoisotopic (exact) mass is 280 g/mol. The summed E-state index contributed by atoms with van der Waals surface area (Å²) in [6.45, 7) is 8.92. The van der Waals surface area contributed by atoms with E-state index < -0.39 is 11.7 Å². The minimum Gasteiger partial charge on any atom is -0.444 e. The van der Waals surface area contributed by atoms with Crippen LogP contribution in [-0.2, 0) is 4.74 Å². The maximum atomic E-state index is 11.5. The van der Waals surface area contributed by atoms with Crippen LogP contribution in [0.1, 0.15) is 34.1 Å². The van der Waals surface area contributed by atoms with Gasteiger partial charge >= 0.3 is 6.09 Å². The summed E-state index contributed by atoms with van der Waals surface area (Å²) >= 11 is 0. The Labute approximate surface area is 123 Å². The number of hydrogen-bond acceptors (Lipinski definition) is 3. The Morgan fingerprint density at radius 3 is 2.50 bits per heavy atom. The Bertz CT molecular complexity index is 363. The van der Waals surface area contributed by atoms with E-state index in [1.807, 2.05) is 59.0 Å². The van der Waals surface area contributed by atoms with E-state index in [0.717, 1.165) is 18.5 Å². The molecule has 0 fully saturated rings. The molecular formula is C16H28N2O2. The molecule has 0 aliphatic carbocycles. The van der Waals surface area contributed by atoms with Gasteiger partial charge in [0.15, 0.2) is 0 Å². The highest BCUT2D eigenvalue weighted by Gasteiger charge is 2.15. The number of carbonyl (C=O) groups is 1. The van der Waals surface area contributed by atoms with Crippen molar-refractivity contribution in [3.05, 3.63) is 36.0 Å². The Balaban J connectivity index is 4.08. The third-order valence-corrected chi connectivity index (χ3v) is 2.33. The van der Waals surface area contributed by atoms with Crippen LogP contribution in [0.4, 0.5) is 4.79 Å². The fraction of sp³-hybridized carbons (Fsp3) is 0.562. The topological polar surface area (TPSA) is 50.4 Å². The molecule has 1 amide bonds. The van der Waals surface area contributed by atoms with E-state index >= 15 is 0 Å². The third kappa shape index (κ3) is 11.5. The van der Waals surface area contributed by atoms with Crippen LogP contribution in [0, 0.1) is 0 Å². The number of allylic oxidation sites excluding steroid dienone is 3. The lowest BCUT2D eigenvalue weighted by Crippen LogP contribution is -2.33. The number of carbonyl (C=O) groups excluding carboxylic acids is 1. The lowest BCUT2D eigenvalue weighted by atomic mass is 10.2. The second-order valence-electron chi connectivity index (χ2n) is 5.40. The first-order valence-electron chi connectivity index (χ1n) is 6.99. The second-order valence-corrected chi connectivity index (χ2v) is 5.40. The average Bonchev–Trinajstić information content (AvgIpc) is 2.35. The third-order valence-electron chi connectivity index (χ3n) is 2.33. The lowest BCUT2D eigenvalue weighted by molar-refractivity contribution is 0.0533. The average molecular weight is 280 g/mol. The largest absolute Gasteiger partial charge is 0.444 e. The van der Waals surface area contributed by atoms with E-state index in [-0.39, 0.29) is 0 Å². The highest BCUT2D eigenvalue weighted by Crippen LogP contribution is 2.06. The molecule has 0 aromatic heterocycles. The van der Waals surface area contributed by atoms with Crippen molar-refractivity contribution in [2.24, 2.45) is 0 Å². The first-order chi connectivity index (χ1) is 9.39. The normalized spacial score (nSPS) is 13.2. The summed E-state index contributed by atoms with van der Waals surface area (Å²) in [7, 11) is 1.93. The van der Waals surface area contributed by atoms with Gasteiger partial charge in [-0.05, 0) is 53.3 Å². The number of ether oxygens (including phenoxy) is 1. The molecule has 0 saturated heterocycles. The molecule has 0 aromatic rings. The Kier molecular flexibility index (Phi) is 9.47. The number of nitrogens with one attached hydrogen (secondary N) is 2. The van der Waals surface area contributed by atoms with Crippen LogP contribution in [0.25, 0.3) is 0 Å². The molecule has 0 radical (unpaired) electrons. The predicted molar refractivity (Wildman–Crippen MR) is 84.8 cm³/mol. The molecule has 0 aromatic carbocycles. The Morgan fingerprint density at radius 1 is 1.25 bits per heavy atom. The zero-order valence-corrected chi connectivity index (χ0v) is 13.3. The van der Waals surface area contributed by atoms with E-state index in [2.05, 4.69) is 16.7 Å². The molecule has 0 saturated carbocycles. The van der Waals surface area contributed by atoms with Gasteiger partial charge in [-0.25, -0.2) is 4.79 Å². The van der Waals surface area contributed by atoms with Gasteiger partial charge in [0.1, 0.15) is 5.60 Å². The van der Waals surface area contributed by atoms with E-state index in [0.29, 0.717) is 6.54 Å². The molecular weight excluding hydrogens is 252 g/mol. The SMILES string of the molecule is C\C=C(/C=C\C=C\CCNC)CNC(=O)OC(C)(C)C. The molecule has 0 aliphatic heterocycles. The van der Waals surface area contributed by atoms with Crippen LogP contribution >= 0.6 is 0 Å². The van der Waals surface area contributed by atoms with Crippen LogP contribution in [0.5, 0.6) is 0 Å². The fourth-order valence-corrected chi connectivity index (χ4v) is 1.33. The molecule has 0 rings (SSSR count).